The zero-order valence-electron chi connectivity index (χ0n) is 13.4. The highest BCUT2D eigenvalue weighted by molar-refractivity contribution is 8.01. The number of morpholine rings is 1. The quantitative estimate of drug-likeness (QED) is 0.752. The Labute approximate surface area is 148 Å². The van der Waals surface area contributed by atoms with Gasteiger partial charge in [-0.2, -0.15) is 0 Å². The van der Waals surface area contributed by atoms with Crippen LogP contribution < -0.4 is 5.32 Å². The van der Waals surface area contributed by atoms with Crippen LogP contribution >= 0.6 is 23.1 Å². The predicted octanol–water partition coefficient (Wildman–Crippen LogP) is 2.47. The van der Waals surface area contributed by atoms with Gasteiger partial charge >= 0.3 is 0 Å². The maximum Gasteiger partial charge on any atom is 0.233 e. The Morgan fingerprint density at radius 3 is 3.25 bits per heavy atom. The van der Waals surface area contributed by atoms with Crippen LogP contribution in [-0.4, -0.2) is 52.6 Å². The molecule has 2 aromatic heterocycles. The molecular weight excluding hydrogens is 348 g/mol. The van der Waals surface area contributed by atoms with E-state index in [0.717, 1.165) is 21.7 Å². The third kappa shape index (κ3) is 4.71. The molecule has 9 heteroatoms. The summed E-state index contributed by atoms with van der Waals surface area (Å²) in [6, 6.07) is 3.74. The van der Waals surface area contributed by atoms with Crippen molar-refractivity contribution in [2.75, 3.05) is 30.8 Å². The average Bonchev–Trinajstić information content (AvgIpc) is 3.29. The molecule has 0 spiro atoms. The number of amides is 1. The molecule has 1 aliphatic rings. The summed E-state index contributed by atoms with van der Waals surface area (Å²) in [4.78, 5) is 14.2. The molecule has 1 fully saturated rings. The first-order chi connectivity index (χ1) is 11.7. The van der Waals surface area contributed by atoms with E-state index in [0.29, 0.717) is 32.0 Å². The van der Waals surface area contributed by atoms with E-state index in [1.165, 1.54) is 23.1 Å². The van der Waals surface area contributed by atoms with Gasteiger partial charge in [0.05, 0.1) is 31.3 Å². The van der Waals surface area contributed by atoms with E-state index in [1.807, 2.05) is 17.0 Å². The molecule has 0 bridgehead atoms. The second kappa shape index (κ2) is 8.50. The molecule has 0 radical (unpaired) electrons. The number of furan rings is 1. The highest BCUT2D eigenvalue weighted by Crippen LogP contribution is 2.26. The molecule has 3 rings (SSSR count). The van der Waals surface area contributed by atoms with Crippen molar-refractivity contribution in [1.82, 2.24) is 15.1 Å². The Bertz CT molecular complexity index is 647. The Balaban J connectivity index is 1.44. The van der Waals surface area contributed by atoms with E-state index in [-0.39, 0.29) is 12.0 Å². The Morgan fingerprint density at radius 2 is 2.46 bits per heavy atom. The SMILES string of the molecule is CC[C@@H]1CN(C(=O)CSc2nnc(NCc3ccco3)s2)CCO1. The molecule has 0 saturated carbocycles. The zero-order valence-corrected chi connectivity index (χ0v) is 15.1. The fourth-order valence-corrected chi connectivity index (χ4v) is 3.97. The zero-order chi connectivity index (χ0) is 16.8. The van der Waals surface area contributed by atoms with Gasteiger partial charge in [-0.05, 0) is 18.6 Å². The van der Waals surface area contributed by atoms with Crippen LogP contribution in [-0.2, 0) is 16.1 Å². The van der Waals surface area contributed by atoms with Gasteiger partial charge in [-0.25, -0.2) is 0 Å². The summed E-state index contributed by atoms with van der Waals surface area (Å²) in [6.07, 6.45) is 2.73. The summed E-state index contributed by atoms with van der Waals surface area (Å²) in [5, 5.41) is 12.1. The van der Waals surface area contributed by atoms with Crippen molar-refractivity contribution in [3.05, 3.63) is 24.2 Å². The molecule has 0 aromatic carbocycles. The van der Waals surface area contributed by atoms with Gasteiger partial charge in [-0.1, -0.05) is 30.0 Å². The molecule has 130 valence electrons. The number of thioether (sulfide) groups is 1. The number of aromatic nitrogens is 2. The molecule has 0 unspecified atom stereocenters. The number of hydrogen-bond donors (Lipinski definition) is 1. The summed E-state index contributed by atoms with van der Waals surface area (Å²) in [6.45, 7) is 4.61. The summed E-state index contributed by atoms with van der Waals surface area (Å²) in [5.41, 5.74) is 0. The van der Waals surface area contributed by atoms with Crippen molar-refractivity contribution in [2.24, 2.45) is 0 Å². The second-order valence-electron chi connectivity index (χ2n) is 5.34. The highest BCUT2D eigenvalue weighted by atomic mass is 32.2. The van der Waals surface area contributed by atoms with Gasteiger partial charge in [0.1, 0.15) is 5.76 Å². The standard InChI is InChI=1S/C15H20N4O3S2/c1-2-11-9-19(5-7-22-11)13(20)10-23-15-18-17-14(24-15)16-8-12-4-3-6-21-12/h3-4,6,11H,2,5,7-10H2,1H3,(H,16,17)/t11-/m1/s1. The van der Waals surface area contributed by atoms with E-state index in [9.17, 15) is 4.79 Å². The number of rotatable bonds is 7. The van der Waals surface area contributed by atoms with Crippen molar-refractivity contribution in [3.8, 4) is 0 Å². The highest BCUT2D eigenvalue weighted by Gasteiger charge is 2.23. The second-order valence-corrected chi connectivity index (χ2v) is 7.54. The number of nitrogens with one attached hydrogen (secondary N) is 1. The molecule has 1 aliphatic heterocycles. The summed E-state index contributed by atoms with van der Waals surface area (Å²) in [7, 11) is 0. The van der Waals surface area contributed by atoms with Crippen LogP contribution in [0.1, 0.15) is 19.1 Å². The monoisotopic (exact) mass is 368 g/mol. The van der Waals surface area contributed by atoms with Crippen LogP contribution in [0.25, 0.3) is 0 Å². The van der Waals surface area contributed by atoms with Crippen molar-refractivity contribution in [2.45, 2.75) is 30.3 Å². The van der Waals surface area contributed by atoms with Crippen LogP contribution in [0.3, 0.4) is 0 Å². The van der Waals surface area contributed by atoms with Crippen molar-refractivity contribution >= 4 is 34.1 Å². The minimum absolute atomic E-state index is 0.127. The Morgan fingerprint density at radius 1 is 1.54 bits per heavy atom. The summed E-state index contributed by atoms with van der Waals surface area (Å²) >= 11 is 2.87. The molecule has 3 heterocycles. The summed E-state index contributed by atoms with van der Waals surface area (Å²) < 4.78 is 11.6. The van der Waals surface area contributed by atoms with Crippen molar-refractivity contribution < 1.29 is 13.9 Å². The smallest absolute Gasteiger partial charge is 0.233 e. The first-order valence-corrected chi connectivity index (χ1v) is 9.66. The fourth-order valence-electron chi connectivity index (χ4n) is 2.32. The van der Waals surface area contributed by atoms with E-state index < -0.39 is 0 Å². The molecule has 0 aliphatic carbocycles. The fraction of sp³-hybridized carbons (Fsp3) is 0.533. The van der Waals surface area contributed by atoms with Crippen LogP contribution in [0, 0.1) is 0 Å². The normalized spacial score (nSPS) is 17.9. The number of ether oxygens (including phenoxy) is 1. The van der Waals surface area contributed by atoms with Gasteiger partial charge in [0.15, 0.2) is 4.34 Å². The Hall–Kier alpha value is -1.58. The number of hydrogen-bond acceptors (Lipinski definition) is 8. The van der Waals surface area contributed by atoms with Gasteiger partial charge in [0.2, 0.25) is 11.0 Å². The third-order valence-electron chi connectivity index (χ3n) is 3.67. The molecule has 1 N–H and O–H groups in total. The van der Waals surface area contributed by atoms with Gasteiger partial charge < -0.3 is 19.4 Å². The first-order valence-electron chi connectivity index (χ1n) is 7.86. The van der Waals surface area contributed by atoms with Crippen molar-refractivity contribution in [1.29, 1.82) is 0 Å². The molecular formula is C15H20N4O3S2. The first kappa shape index (κ1) is 17.2. The lowest BCUT2D eigenvalue weighted by atomic mass is 10.2. The lowest BCUT2D eigenvalue weighted by Gasteiger charge is -2.32. The lowest BCUT2D eigenvalue weighted by Crippen LogP contribution is -2.46. The van der Waals surface area contributed by atoms with Crippen LogP contribution in [0.15, 0.2) is 27.2 Å². The third-order valence-corrected chi connectivity index (χ3v) is 5.67. The van der Waals surface area contributed by atoms with Crippen molar-refractivity contribution in [3.63, 3.8) is 0 Å². The van der Waals surface area contributed by atoms with Crippen LogP contribution in [0.4, 0.5) is 5.13 Å². The number of carbonyl (C=O) groups is 1. The molecule has 1 amide bonds. The molecule has 7 nitrogen and oxygen atoms in total. The van der Waals surface area contributed by atoms with E-state index in [2.05, 4.69) is 22.4 Å². The average molecular weight is 368 g/mol. The lowest BCUT2D eigenvalue weighted by molar-refractivity contribution is -0.135. The van der Waals surface area contributed by atoms with Gasteiger partial charge in [-0.15, -0.1) is 10.2 Å². The van der Waals surface area contributed by atoms with Gasteiger partial charge in [0, 0.05) is 13.1 Å². The molecule has 1 saturated heterocycles. The molecule has 24 heavy (non-hydrogen) atoms. The maximum absolute atomic E-state index is 12.3. The van der Waals surface area contributed by atoms with E-state index in [4.69, 9.17) is 9.15 Å². The van der Waals surface area contributed by atoms with Gasteiger partial charge in [0.25, 0.3) is 0 Å². The number of carbonyl (C=O) groups excluding carboxylic acids is 1. The minimum atomic E-state index is 0.127. The predicted molar refractivity (Wildman–Crippen MR) is 93.3 cm³/mol. The van der Waals surface area contributed by atoms with Crippen LogP contribution in [0.2, 0.25) is 0 Å². The maximum atomic E-state index is 12.3. The molecule has 2 aromatic rings. The summed E-state index contributed by atoms with van der Waals surface area (Å²) in [5.74, 6) is 1.35. The topological polar surface area (TPSA) is 80.5 Å². The molecule has 1 atom stereocenters. The van der Waals surface area contributed by atoms with E-state index >= 15 is 0 Å². The van der Waals surface area contributed by atoms with Crippen LogP contribution in [0.5, 0.6) is 0 Å². The Kier molecular flexibility index (Phi) is 6.11. The number of nitrogens with zero attached hydrogens (tertiary/aromatic N) is 3. The minimum Gasteiger partial charge on any atom is -0.467 e. The van der Waals surface area contributed by atoms with Gasteiger partial charge in [-0.3, -0.25) is 4.79 Å². The van der Waals surface area contributed by atoms with E-state index in [1.54, 1.807) is 6.26 Å². The number of anilines is 1. The largest absolute Gasteiger partial charge is 0.467 e.